The van der Waals surface area contributed by atoms with E-state index in [1.54, 1.807) is 48.5 Å². The number of esters is 2. The molecule has 2 aromatic rings. The summed E-state index contributed by atoms with van der Waals surface area (Å²) in [5, 5.41) is 0. The summed E-state index contributed by atoms with van der Waals surface area (Å²) < 4.78 is 17.8. The highest BCUT2D eigenvalue weighted by atomic mass is 79.9. The Kier molecular flexibility index (Phi) is 6.98. The first-order valence-corrected chi connectivity index (χ1v) is 11.0. The van der Waals surface area contributed by atoms with Crippen LogP contribution < -0.4 is 0 Å². The first-order valence-electron chi connectivity index (χ1n) is 10.0. The van der Waals surface area contributed by atoms with E-state index < -0.39 is 29.2 Å². The van der Waals surface area contributed by atoms with Crippen molar-refractivity contribution in [1.82, 2.24) is 0 Å². The van der Waals surface area contributed by atoms with Gasteiger partial charge in [0.1, 0.15) is 12.2 Å². The normalized spacial score (nSPS) is 23.9. The Morgan fingerprint density at radius 2 is 1.53 bits per heavy atom. The van der Waals surface area contributed by atoms with Crippen LogP contribution in [-0.2, 0) is 14.2 Å². The summed E-state index contributed by atoms with van der Waals surface area (Å²) in [7, 11) is 0. The van der Waals surface area contributed by atoms with Gasteiger partial charge in [0.25, 0.3) is 0 Å². The molecule has 3 atom stereocenters. The molecule has 30 heavy (non-hydrogen) atoms. The van der Waals surface area contributed by atoms with Gasteiger partial charge in [0.2, 0.25) is 0 Å². The zero-order valence-electron chi connectivity index (χ0n) is 17.5. The van der Waals surface area contributed by atoms with Crippen molar-refractivity contribution < 1.29 is 23.8 Å². The third kappa shape index (κ3) is 5.29. The third-order valence-electron chi connectivity index (χ3n) is 5.46. The third-order valence-corrected chi connectivity index (χ3v) is 7.02. The molecule has 6 heteroatoms. The summed E-state index contributed by atoms with van der Waals surface area (Å²) in [5.41, 5.74) is -0.377. The maximum absolute atomic E-state index is 12.8. The Morgan fingerprint density at radius 1 is 1.00 bits per heavy atom. The van der Waals surface area contributed by atoms with Crippen molar-refractivity contribution >= 4 is 27.9 Å². The summed E-state index contributed by atoms with van der Waals surface area (Å²) in [6.45, 7) is 5.81. The van der Waals surface area contributed by atoms with Crippen molar-refractivity contribution in [3.63, 3.8) is 0 Å². The van der Waals surface area contributed by atoms with Crippen molar-refractivity contribution in [3.8, 4) is 0 Å². The van der Waals surface area contributed by atoms with E-state index >= 15 is 0 Å². The molecule has 1 aliphatic heterocycles. The quantitative estimate of drug-likeness (QED) is 0.426. The fraction of sp³-hybridized carbons (Fsp3) is 0.417. The molecule has 3 rings (SSSR count). The molecule has 0 unspecified atom stereocenters. The van der Waals surface area contributed by atoms with Crippen LogP contribution in [0.4, 0.5) is 0 Å². The highest BCUT2D eigenvalue weighted by Gasteiger charge is 2.49. The molecule has 0 radical (unpaired) electrons. The first-order chi connectivity index (χ1) is 14.2. The number of hydrogen-bond donors (Lipinski definition) is 0. The fourth-order valence-electron chi connectivity index (χ4n) is 3.62. The molecular formula is C24H27BrO5. The zero-order chi connectivity index (χ0) is 21.8. The average Bonchev–Trinajstić information content (AvgIpc) is 2.74. The molecule has 0 spiro atoms. The minimum Gasteiger partial charge on any atom is -0.458 e. The topological polar surface area (TPSA) is 61.8 Å². The van der Waals surface area contributed by atoms with Gasteiger partial charge in [0.15, 0.2) is 6.10 Å². The van der Waals surface area contributed by atoms with Crippen LogP contribution in [0.3, 0.4) is 0 Å². The van der Waals surface area contributed by atoms with Crippen LogP contribution in [0.2, 0.25) is 0 Å². The van der Waals surface area contributed by atoms with Gasteiger partial charge in [-0.1, -0.05) is 52.3 Å². The van der Waals surface area contributed by atoms with Gasteiger partial charge in [-0.25, -0.2) is 9.59 Å². The maximum atomic E-state index is 12.8. The van der Waals surface area contributed by atoms with Gasteiger partial charge in [-0.15, -0.1) is 0 Å². The lowest BCUT2D eigenvalue weighted by Crippen LogP contribution is -2.57. The number of carbonyl (C=O) groups excluding carboxylic acids is 2. The number of ether oxygens (including phenoxy) is 3. The monoisotopic (exact) mass is 474 g/mol. The van der Waals surface area contributed by atoms with Crippen LogP contribution in [0.25, 0.3) is 0 Å². The highest BCUT2D eigenvalue weighted by molar-refractivity contribution is 9.09. The summed E-state index contributed by atoms with van der Waals surface area (Å²) in [4.78, 5) is 25.4. The molecule has 0 amide bonds. The SMILES string of the molecule is CC1(C)O[C@](C)([C@@H](COC(=O)c2ccccc2)OC(=O)c2ccccc2)CC[C@H]1Br. The van der Waals surface area contributed by atoms with E-state index in [0.717, 1.165) is 6.42 Å². The lowest BCUT2D eigenvalue weighted by atomic mass is 9.84. The maximum Gasteiger partial charge on any atom is 0.338 e. The van der Waals surface area contributed by atoms with Crippen molar-refractivity contribution in [2.45, 2.75) is 55.7 Å². The van der Waals surface area contributed by atoms with Gasteiger partial charge in [0.05, 0.1) is 16.7 Å². The fourth-order valence-corrected chi connectivity index (χ4v) is 3.94. The molecule has 5 nitrogen and oxygen atoms in total. The summed E-state index contributed by atoms with van der Waals surface area (Å²) in [6.07, 6.45) is 0.745. The van der Waals surface area contributed by atoms with E-state index in [0.29, 0.717) is 17.5 Å². The number of rotatable bonds is 6. The first kappa shape index (κ1) is 22.5. The van der Waals surface area contributed by atoms with Crippen LogP contribution in [0.1, 0.15) is 54.3 Å². The number of carbonyl (C=O) groups is 2. The number of alkyl halides is 1. The van der Waals surface area contributed by atoms with Crippen LogP contribution in [0.15, 0.2) is 60.7 Å². The van der Waals surface area contributed by atoms with Crippen molar-refractivity contribution in [2.75, 3.05) is 6.61 Å². The molecule has 160 valence electrons. The van der Waals surface area contributed by atoms with Crippen LogP contribution in [0, 0.1) is 0 Å². The number of benzene rings is 2. The molecule has 1 aliphatic rings. The smallest absolute Gasteiger partial charge is 0.338 e. The van der Waals surface area contributed by atoms with Gasteiger partial charge in [-0.05, 0) is 57.9 Å². The molecule has 1 heterocycles. The summed E-state index contributed by atoms with van der Waals surface area (Å²) in [5.74, 6) is -0.937. The van der Waals surface area contributed by atoms with Gasteiger partial charge in [-0.3, -0.25) is 0 Å². The summed E-state index contributed by atoms with van der Waals surface area (Å²) in [6, 6.07) is 17.5. The minimum absolute atomic E-state index is 0.0914. The van der Waals surface area contributed by atoms with Crippen molar-refractivity contribution in [2.24, 2.45) is 0 Å². The lowest BCUT2D eigenvalue weighted by molar-refractivity contribution is -0.210. The molecule has 1 saturated heterocycles. The van der Waals surface area contributed by atoms with Crippen LogP contribution in [0.5, 0.6) is 0 Å². The lowest BCUT2D eigenvalue weighted by Gasteiger charge is -2.48. The van der Waals surface area contributed by atoms with Crippen LogP contribution >= 0.6 is 15.9 Å². The van der Waals surface area contributed by atoms with E-state index in [4.69, 9.17) is 14.2 Å². The van der Waals surface area contributed by atoms with Gasteiger partial charge >= 0.3 is 11.9 Å². The Balaban J connectivity index is 1.79. The summed E-state index contributed by atoms with van der Waals surface area (Å²) >= 11 is 3.67. The molecule has 2 aromatic carbocycles. The second-order valence-corrected chi connectivity index (χ2v) is 9.35. The van der Waals surface area contributed by atoms with Crippen LogP contribution in [-0.4, -0.2) is 40.7 Å². The Morgan fingerprint density at radius 3 is 2.07 bits per heavy atom. The van der Waals surface area contributed by atoms with Crippen molar-refractivity contribution in [3.05, 3.63) is 71.8 Å². The number of hydrogen-bond acceptors (Lipinski definition) is 5. The molecular weight excluding hydrogens is 448 g/mol. The largest absolute Gasteiger partial charge is 0.458 e. The van der Waals surface area contributed by atoms with E-state index in [1.807, 2.05) is 32.9 Å². The standard InChI is InChI=1S/C24H27BrO5/c1-23(2)19(25)14-15-24(3,30-23)20(29-22(27)18-12-8-5-9-13-18)16-28-21(26)17-10-6-4-7-11-17/h4-13,19-20H,14-16H2,1-3H3/t19-,20-,24+/m1/s1. The molecule has 0 aliphatic carbocycles. The van der Waals surface area contributed by atoms with Crippen molar-refractivity contribution in [1.29, 1.82) is 0 Å². The van der Waals surface area contributed by atoms with E-state index in [-0.39, 0.29) is 11.4 Å². The Bertz CT molecular complexity index is 868. The molecule has 0 bridgehead atoms. The highest BCUT2D eigenvalue weighted by Crippen LogP contribution is 2.41. The van der Waals surface area contributed by atoms with E-state index in [2.05, 4.69) is 15.9 Å². The minimum atomic E-state index is -0.796. The predicted molar refractivity (Wildman–Crippen MR) is 118 cm³/mol. The Hall–Kier alpha value is -2.18. The predicted octanol–water partition coefficient (Wildman–Crippen LogP) is 5.18. The second kappa shape index (κ2) is 9.31. The van der Waals surface area contributed by atoms with Gasteiger partial charge in [0, 0.05) is 4.83 Å². The average molecular weight is 475 g/mol. The van der Waals surface area contributed by atoms with Gasteiger partial charge in [-0.2, -0.15) is 0 Å². The zero-order valence-corrected chi connectivity index (χ0v) is 19.1. The second-order valence-electron chi connectivity index (χ2n) is 8.25. The number of halogens is 1. The van der Waals surface area contributed by atoms with E-state index in [9.17, 15) is 9.59 Å². The molecule has 0 N–H and O–H groups in total. The molecule has 0 aromatic heterocycles. The van der Waals surface area contributed by atoms with Gasteiger partial charge < -0.3 is 14.2 Å². The molecule has 1 fully saturated rings. The molecule has 0 saturated carbocycles. The van der Waals surface area contributed by atoms with E-state index in [1.165, 1.54) is 0 Å². The Labute approximate surface area is 185 Å².